The summed E-state index contributed by atoms with van der Waals surface area (Å²) in [5.41, 5.74) is 5.48. The van der Waals surface area contributed by atoms with Gasteiger partial charge in [-0.2, -0.15) is 0 Å². The van der Waals surface area contributed by atoms with Crippen molar-refractivity contribution in [2.24, 2.45) is 5.92 Å². The van der Waals surface area contributed by atoms with Crippen LogP contribution in [0.2, 0.25) is 0 Å². The van der Waals surface area contributed by atoms with Gasteiger partial charge in [0.2, 0.25) is 10.0 Å². The van der Waals surface area contributed by atoms with E-state index in [1.165, 1.54) is 6.07 Å². The lowest BCUT2D eigenvalue weighted by Crippen LogP contribution is -2.33. The first-order valence-electron chi connectivity index (χ1n) is 5.95. The highest BCUT2D eigenvalue weighted by atomic mass is 32.2. The van der Waals surface area contributed by atoms with Gasteiger partial charge >= 0.3 is 0 Å². The maximum atomic E-state index is 13.1. The third kappa shape index (κ3) is 4.77. The van der Waals surface area contributed by atoms with Gasteiger partial charge in [0.1, 0.15) is 10.7 Å². The summed E-state index contributed by atoms with van der Waals surface area (Å²) in [5.74, 6) is -0.434. The second kappa shape index (κ2) is 6.31. The first-order valence-corrected chi connectivity index (χ1v) is 7.43. The van der Waals surface area contributed by atoms with Crippen molar-refractivity contribution in [1.82, 2.24) is 4.72 Å². The second-order valence-corrected chi connectivity index (χ2v) is 6.55. The van der Waals surface area contributed by atoms with Gasteiger partial charge in [-0.25, -0.2) is 17.5 Å². The number of hydrogen-bond donors (Lipinski definition) is 3. The fraction of sp³-hybridized carbons (Fsp3) is 0.500. The minimum Gasteiger partial charge on any atom is -0.398 e. The van der Waals surface area contributed by atoms with Gasteiger partial charge in [0.05, 0.1) is 11.8 Å². The van der Waals surface area contributed by atoms with Crippen molar-refractivity contribution in [1.29, 1.82) is 0 Å². The topological polar surface area (TPSA) is 92.4 Å². The molecule has 0 amide bonds. The van der Waals surface area contributed by atoms with Crippen LogP contribution in [0.5, 0.6) is 0 Å². The van der Waals surface area contributed by atoms with E-state index in [2.05, 4.69) is 4.72 Å². The fourth-order valence-electron chi connectivity index (χ4n) is 1.65. The van der Waals surface area contributed by atoms with Crippen molar-refractivity contribution >= 4 is 15.7 Å². The zero-order chi connectivity index (χ0) is 14.6. The monoisotopic (exact) mass is 290 g/mol. The molecule has 108 valence electrons. The first kappa shape index (κ1) is 15.9. The Morgan fingerprint density at radius 2 is 2.05 bits per heavy atom. The Balaban J connectivity index is 2.79. The Morgan fingerprint density at radius 1 is 1.42 bits per heavy atom. The molecule has 0 saturated carbocycles. The largest absolute Gasteiger partial charge is 0.398 e. The van der Waals surface area contributed by atoms with Crippen LogP contribution in [0.4, 0.5) is 10.1 Å². The molecule has 1 aromatic carbocycles. The van der Waals surface area contributed by atoms with Crippen LogP contribution in [0.15, 0.2) is 23.1 Å². The molecule has 0 saturated heterocycles. The Bertz CT molecular complexity index is 532. The van der Waals surface area contributed by atoms with Crippen LogP contribution >= 0.6 is 0 Å². The number of nitrogen functional groups attached to an aromatic ring is 1. The molecule has 0 bridgehead atoms. The van der Waals surface area contributed by atoms with Gasteiger partial charge in [-0.05, 0) is 30.5 Å². The molecule has 1 aromatic rings. The molecular weight excluding hydrogens is 271 g/mol. The summed E-state index contributed by atoms with van der Waals surface area (Å²) in [6.07, 6.45) is -0.314. The Labute approximate surface area is 112 Å². The van der Waals surface area contributed by atoms with E-state index in [4.69, 9.17) is 5.73 Å². The Kier molecular flexibility index (Phi) is 5.28. The molecule has 0 aliphatic heterocycles. The summed E-state index contributed by atoms with van der Waals surface area (Å²) in [4.78, 5) is -0.316. The minimum atomic E-state index is -3.92. The molecule has 7 heteroatoms. The number of anilines is 1. The van der Waals surface area contributed by atoms with Crippen LogP contribution in [0.1, 0.15) is 20.3 Å². The summed E-state index contributed by atoms with van der Waals surface area (Å²) in [5, 5.41) is 9.62. The van der Waals surface area contributed by atoms with Crippen LogP contribution in [-0.4, -0.2) is 26.2 Å². The van der Waals surface area contributed by atoms with Crippen molar-refractivity contribution in [3.05, 3.63) is 24.0 Å². The molecule has 0 aliphatic rings. The number of aliphatic hydroxyl groups is 1. The second-order valence-electron chi connectivity index (χ2n) is 4.82. The summed E-state index contributed by atoms with van der Waals surface area (Å²) in [6, 6.07) is 3.13. The summed E-state index contributed by atoms with van der Waals surface area (Å²) in [7, 11) is -3.92. The number of aliphatic hydroxyl groups excluding tert-OH is 1. The molecule has 5 nitrogen and oxygen atoms in total. The molecule has 1 unspecified atom stereocenters. The number of sulfonamides is 1. The Morgan fingerprint density at radius 3 is 2.63 bits per heavy atom. The van der Waals surface area contributed by atoms with Crippen LogP contribution < -0.4 is 10.5 Å². The van der Waals surface area contributed by atoms with Crippen molar-refractivity contribution in [3.63, 3.8) is 0 Å². The zero-order valence-corrected chi connectivity index (χ0v) is 11.7. The van der Waals surface area contributed by atoms with Crippen LogP contribution in [0, 0.1) is 11.7 Å². The molecular formula is C12H19FN2O3S. The molecule has 1 rings (SSSR count). The molecule has 0 aliphatic carbocycles. The van der Waals surface area contributed by atoms with Crippen molar-refractivity contribution in [2.45, 2.75) is 31.3 Å². The van der Waals surface area contributed by atoms with Gasteiger partial charge in [0.25, 0.3) is 0 Å². The third-order valence-corrected chi connectivity index (χ3v) is 4.00. The first-order chi connectivity index (χ1) is 8.72. The van der Waals surface area contributed by atoms with E-state index in [9.17, 15) is 17.9 Å². The van der Waals surface area contributed by atoms with Gasteiger partial charge in [-0.3, -0.25) is 0 Å². The molecule has 4 N–H and O–H groups in total. The summed E-state index contributed by atoms with van der Waals surface area (Å²) < 4.78 is 39.1. The van der Waals surface area contributed by atoms with Crippen molar-refractivity contribution < 1.29 is 17.9 Å². The van der Waals surface area contributed by atoms with Crippen molar-refractivity contribution in [2.75, 3.05) is 12.3 Å². The van der Waals surface area contributed by atoms with Gasteiger partial charge in [0.15, 0.2) is 0 Å². The number of nitrogens with two attached hydrogens (primary N) is 1. The highest BCUT2D eigenvalue weighted by molar-refractivity contribution is 7.89. The molecule has 0 heterocycles. The third-order valence-electron chi connectivity index (χ3n) is 2.52. The predicted octanol–water partition coefficient (Wildman–Crippen LogP) is 1.09. The molecule has 1 atom stereocenters. The van der Waals surface area contributed by atoms with Crippen LogP contribution in [0.3, 0.4) is 0 Å². The van der Waals surface area contributed by atoms with Crippen molar-refractivity contribution in [3.8, 4) is 0 Å². The lowest BCUT2D eigenvalue weighted by Gasteiger charge is -2.14. The molecule has 0 aromatic heterocycles. The number of nitrogens with one attached hydrogen (secondary N) is 1. The lowest BCUT2D eigenvalue weighted by atomic mass is 10.1. The smallest absolute Gasteiger partial charge is 0.242 e. The van der Waals surface area contributed by atoms with E-state index in [1.54, 1.807) is 0 Å². The van der Waals surface area contributed by atoms with E-state index in [-0.39, 0.29) is 23.0 Å². The SMILES string of the molecule is CC(C)CC(O)CNS(=O)(=O)c1cc(F)ccc1N. The van der Waals surface area contributed by atoms with E-state index in [0.29, 0.717) is 6.42 Å². The number of halogens is 1. The number of hydrogen-bond acceptors (Lipinski definition) is 4. The quantitative estimate of drug-likeness (QED) is 0.684. The normalized spacial score (nSPS) is 13.7. The zero-order valence-electron chi connectivity index (χ0n) is 10.9. The Hall–Kier alpha value is -1.18. The predicted molar refractivity (Wildman–Crippen MR) is 71.5 cm³/mol. The summed E-state index contributed by atoms with van der Waals surface area (Å²) in [6.45, 7) is 3.71. The number of benzene rings is 1. The van der Waals surface area contributed by atoms with E-state index < -0.39 is 21.9 Å². The molecule has 0 fully saturated rings. The van der Waals surface area contributed by atoms with Crippen LogP contribution in [-0.2, 0) is 10.0 Å². The highest BCUT2D eigenvalue weighted by Crippen LogP contribution is 2.19. The lowest BCUT2D eigenvalue weighted by molar-refractivity contribution is 0.152. The average molecular weight is 290 g/mol. The van der Waals surface area contributed by atoms with Crippen LogP contribution in [0.25, 0.3) is 0 Å². The summed E-state index contributed by atoms with van der Waals surface area (Å²) >= 11 is 0. The highest BCUT2D eigenvalue weighted by Gasteiger charge is 2.19. The van der Waals surface area contributed by atoms with Gasteiger partial charge in [-0.15, -0.1) is 0 Å². The maximum absolute atomic E-state index is 13.1. The fourth-order valence-corrected chi connectivity index (χ4v) is 2.87. The number of rotatable bonds is 6. The van der Waals surface area contributed by atoms with Gasteiger partial charge < -0.3 is 10.8 Å². The van der Waals surface area contributed by atoms with Gasteiger partial charge in [-0.1, -0.05) is 13.8 Å². The van der Waals surface area contributed by atoms with E-state index in [1.807, 2.05) is 13.8 Å². The van der Waals surface area contributed by atoms with E-state index in [0.717, 1.165) is 12.1 Å². The molecule has 19 heavy (non-hydrogen) atoms. The average Bonchev–Trinajstić information content (AvgIpc) is 2.29. The maximum Gasteiger partial charge on any atom is 0.242 e. The van der Waals surface area contributed by atoms with Gasteiger partial charge in [0, 0.05) is 6.54 Å². The standard InChI is InChI=1S/C12H19FN2O3S/c1-8(2)5-10(16)7-15-19(17,18)12-6-9(13)3-4-11(12)14/h3-4,6,8,10,15-16H,5,7,14H2,1-2H3. The molecule has 0 radical (unpaired) electrons. The minimum absolute atomic E-state index is 0.0350. The molecule has 0 spiro atoms. The van der Waals surface area contributed by atoms with E-state index >= 15 is 0 Å².